The third kappa shape index (κ3) is 2.53. The number of amides is 1. The zero-order valence-electron chi connectivity index (χ0n) is 10.4. The first-order valence-corrected chi connectivity index (χ1v) is 6.33. The van der Waals surface area contributed by atoms with Crippen molar-refractivity contribution in [3.05, 3.63) is 34.9 Å². The largest absolute Gasteiger partial charge is 0.454 e. The molecule has 0 atom stereocenters. The van der Waals surface area contributed by atoms with Crippen molar-refractivity contribution in [2.24, 2.45) is 0 Å². The molecule has 0 saturated carbocycles. The minimum Gasteiger partial charge on any atom is -0.454 e. The zero-order chi connectivity index (χ0) is 13.9. The van der Waals surface area contributed by atoms with Crippen molar-refractivity contribution < 1.29 is 14.3 Å². The lowest BCUT2D eigenvalue weighted by molar-refractivity contribution is 0.0953. The Balaban J connectivity index is 1.64. The molecule has 20 heavy (non-hydrogen) atoms. The van der Waals surface area contributed by atoms with Gasteiger partial charge in [-0.05, 0) is 12.1 Å². The molecular formula is C12H11ClN4O3. The van der Waals surface area contributed by atoms with Gasteiger partial charge in [0, 0.05) is 18.5 Å². The molecule has 0 bridgehead atoms. The van der Waals surface area contributed by atoms with Crippen LogP contribution >= 0.6 is 11.6 Å². The summed E-state index contributed by atoms with van der Waals surface area (Å²) < 4.78 is 10.4. The Labute approximate surface area is 119 Å². The van der Waals surface area contributed by atoms with Gasteiger partial charge in [0.2, 0.25) is 6.79 Å². The number of carbonyl (C=O) groups excluding carboxylic acids is 1. The van der Waals surface area contributed by atoms with Gasteiger partial charge in [-0.3, -0.25) is 9.89 Å². The maximum Gasteiger partial charge on any atom is 0.251 e. The van der Waals surface area contributed by atoms with E-state index in [4.69, 9.17) is 21.1 Å². The molecule has 0 unspecified atom stereocenters. The Morgan fingerprint density at radius 2 is 2.35 bits per heavy atom. The number of H-pyrrole nitrogens is 1. The van der Waals surface area contributed by atoms with Crippen molar-refractivity contribution in [3.63, 3.8) is 0 Å². The number of nitrogens with zero attached hydrogens (tertiary/aromatic N) is 2. The molecule has 7 nitrogen and oxygen atoms in total. The van der Waals surface area contributed by atoms with E-state index in [1.165, 1.54) is 6.33 Å². The van der Waals surface area contributed by atoms with E-state index in [0.29, 0.717) is 40.9 Å². The van der Waals surface area contributed by atoms with Gasteiger partial charge in [0.1, 0.15) is 12.2 Å². The first-order chi connectivity index (χ1) is 9.74. The summed E-state index contributed by atoms with van der Waals surface area (Å²) in [5.74, 6) is 1.45. The van der Waals surface area contributed by atoms with E-state index in [-0.39, 0.29) is 12.7 Å². The van der Waals surface area contributed by atoms with Crippen LogP contribution in [0.25, 0.3) is 0 Å². The second kappa shape index (κ2) is 5.38. The van der Waals surface area contributed by atoms with Crippen molar-refractivity contribution in [2.45, 2.75) is 6.42 Å². The molecular weight excluding hydrogens is 284 g/mol. The average Bonchev–Trinajstić information content (AvgIpc) is 3.08. The van der Waals surface area contributed by atoms with Crippen LogP contribution in [0.15, 0.2) is 18.5 Å². The van der Waals surface area contributed by atoms with Crippen LogP contribution in [-0.4, -0.2) is 34.4 Å². The van der Waals surface area contributed by atoms with Gasteiger partial charge in [0.05, 0.1) is 5.02 Å². The number of ether oxygens (including phenoxy) is 2. The van der Waals surface area contributed by atoms with E-state index in [0.717, 1.165) is 0 Å². The third-order valence-electron chi connectivity index (χ3n) is 2.80. The highest BCUT2D eigenvalue weighted by Crippen LogP contribution is 2.39. The van der Waals surface area contributed by atoms with Crippen molar-refractivity contribution in [1.82, 2.24) is 20.5 Å². The molecule has 0 radical (unpaired) electrons. The summed E-state index contributed by atoms with van der Waals surface area (Å²) in [5, 5.41) is 9.59. The van der Waals surface area contributed by atoms with E-state index in [1.807, 2.05) is 0 Å². The Kier molecular flexibility index (Phi) is 3.42. The number of hydrogen-bond acceptors (Lipinski definition) is 5. The lowest BCUT2D eigenvalue weighted by Gasteiger charge is -2.06. The minimum atomic E-state index is -0.232. The van der Waals surface area contributed by atoms with E-state index >= 15 is 0 Å². The SMILES string of the molecule is O=C(NCCc1ncn[nH]1)c1cc(Cl)c2c(c1)OCO2. The number of aromatic amines is 1. The van der Waals surface area contributed by atoms with Crippen LogP contribution < -0.4 is 14.8 Å². The predicted octanol–water partition coefficient (Wildman–Crippen LogP) is 1.16. The number of rotatable bonds is 4. The number of hydrogen-bond donors (Lipinski definition) is 2. The van der Waals surface area contributed by atoms with Gasteiger partial charge in [0.25, 0.3) is 5.91 Å². The summed E-state index contributed by atoms with van der Waals surface area (Å²) >= 11 is 6.03. The van der Waals surface area contributed by atoms with E-state index < -0.39 is 0 Å². The molecule has 8 heteroatoms. The van der Waals surface area contributed by atoms with Gasteiger partial charge in [-0.15, -0.1) is 0 Å². The van der Waals surface area contributed by atoms with Gasteiger partial charge in [-0.25, -0.2) is 4.98 Å². The molecule has 0 spiro atoms. The lowest BCUT2D eigenvalue weighted by Crippen LogP contribution is -2.25. The van der Waals surface area contributed by atoms with Crippen molar-refractivity contribution in [2.75, 3.05) is 13.3 Å². The van der Waals surface area contributed by atoms with Crippen LogP contribution in [0.2, 0.25) is 5.02 Å². The molecule has 1 aliphatic rings. The molecule has 0 saturated heterocycles. The van der Waals surface area contributed by atoms with Crippen molar-refractivity contribution >= 4 is 17.5 Å². The summed E-state index contributed by atoms with van der Waals surface area (Å²) in [7, 11) is 0. The molecule has 1 aromatic heterocycles. The fourth-order valence-electron chi connectivity index (χ4n) is 1.85. The molecule has 0 fully saturated rings. The molecule has 2 aromatic rings. The molecule has 1 amide bonds. The van der Waals surface area contributed by atoms with E-state index in [1.54, 1.807) is 12.1 Å². The highest BCUT2D eigenvalue weighted by molar-refractivity contribution is 6.32. The maximum atomic E-state index is 12.0. The highest BCUT2D eigenvalue weighted by Gasteiger charge is 2.20. The minimum absolute atomic E-state index is 0.117. The van der Waals surface area contributed by atoms with Gasteiger partial charge in [-0.2, -0.15) is 5.10 Å². The predicted molar refractivity (Wildman–Crippen MR) is 70.0 cm³/mol. The van der Waals surface area contributed by atoms with Crippen molar-refractivity contribution in [3.8, 4) is 11.5 Å². The van der Waals surface area contributed by atoms with E-state index in [2.05, 4.69) is 20.5 Å². The number of halogens is 1. The van der Waals surface area contributed by atoms with Crippen LogP contribution in [-0.2, 0) is 6.42 Å². The van der Waals surface area contributed by atoms with Gasteiger partial charge < -0.3 is 14.8 Å². The van der Waals surface area contributed by atoms with Crippen LogP contribution in [0.1, 0.15) is 16.2 Å². The molecule has 1 aliphatic heterocycles. The standard InChI is InChI=1S/C12H11ClN4O3/c13-8-3-7(4-9-11(8)20-6-19-9)12(18)14-2-1-10-15-5-16-17-10/h3-5H,1-2,6H2,(H,14,18)(H,15,16,17). The molecule has 2 N–H and O–H groups in total. The highest BCUT2D eigenvalue weighted by atomic mass is 35.5. The van der Waals surface area contributed by atoms with E-state index in [9.17, 15) is 4.79 Å². The first-order valence-electron chi connectivity index (χ1n) is 5.95. The Hall–Kier alpha value is -2.28. The second-order valence-corrected chi connectivity index (χ2v) is 4.54. The summed E-state index contributed by atoms with van der Waals surface area (Å²) in [6, 6.07) is 3.16. The molecule has 2 heterocycles. The normalized spacial score (nSPS) is 12.4. The topological polar surface area (TPSA) is 89.1 Å². The Morgan fingerprint density at radius 1 is 1.45 bits per heavy atom. The molecule has 1 aromatic carbocycles. The summed E-state index contributed by atoms with van der Waals surface area (Å²) in [6.45, 7) is 0.561. The van der Waals surface area contributed by atoms with Crippen LogP contribution in [0.5, 0.6) is 11.5 Å². The van der Waals surface area contributed by atoms with Gasteiger partial charge >= 0.3 is 0 Å². The Bertz CT molecular complexity index is 630. The van der Waals surface area contributed by atoms with Crippen molar-refractivity contribution in [1.29, 1.82) is 0 Å². The number of aromatic nitrogens is 3. The smallest absolute Gasteiger partial charge is 0.251 e. The summed E-state index contributed by atoms with van der Waals surface area (Å²) in [4.78, 5) is 16.0. The molecule has 0 aliphatic carbocycles. The van der Waals surface area contributed by atoms with Crippen LogP contribution in [0.3, 0.4) is 0 Å². The van der Waals surface area contributed by atoms with Crippen LogP contribution in [0.4, 0.5) is 0 Å². The molecule has 104 valence electrons. The zero-order valence-corrected chi connectivity index (χ0v) is 11.1. The maximum absolute atomic E-state index is 12.0. The number of benzene rings is 1. The van der Waals surface area contributed by atoms with Gasteiger partial charge in [-0.1, -0.05) is 11.6 Å². The second-order valence-electron chi connectivity index (χ2n) is 4.13. The average molecular weight is 295 g/mol. The number of nitrogens with one attached hydrogen (secondary N) is 2. The lowest BCUT2D eigenvalue weighted by atomic mass is 10.2. The summed E-state index contributed by atoms with van der Waals surface area (Å²) in [6.07, 6.45) is 2.00. The monoisotopic (exact) mass is 294 g/mol. The quantitative estimate of drug-likeness (QED) is 0.883. The summed E-state index contributed by atoms with van der Waals surface area (Å²) in [5.41, 5.74) is 0.428. The Morgan fingerprint density at radius 3 is 3.15 bits per heavy atom. The fraction of sp³-hybridized carbons (Fsp3) is 0.250. The third-order valence-corrected chi connectivity index (χ3v) is 3.08. The molecule has 3 rings (SSSR count). The fourth-order valence-corrected chi connectivity index (χ4v) is 2.11. The number of fused-ring (bicyclic) bond motifs is 1. The van der Waals surface area contributed by atoms with Gasteiger partial charge in [0.15, 0.2) is 11.5 Å². The first kappa shape index (κ1) is 12.7. The number of carbonyl (C=O) groups is 1. The van der Waals surface area contributed by atoms with Crippen LogP contribution in [0, 0.1) is 0 Å².